The minimum atomic E-state index is -2.28. The van der Waals surface area contributed by atoms with Gasteiger partial charge >= 0.3 is 5.97 Å². The number of carbonyl (C=O) groups is 1. The zero-order chi connectivity index (χ0) is 25.0. The Morgan fingerprint density at radius 1 is 0.886 bits per heavy atom. The van der Waals surface area contributed by atoms with Crippen molar-refractivity contribution >= 4 is 14.3 Å². The molecule has 0 radical (unpaired) electrons. The Morgan fingerprint density at radius 2 is 1.43 bits per heavy atom. The Labute approximate surface area is 206 Å². The minimum absolute atomic E-state index is 0.0590. The van der Waals surface area contributed by atoms with Gasteiger partial charge in [0.1, 0.15) is 0 Å². The topological polar surface area (TPSA) is 92.7 Å². The van der Waals surface area contributed by atoms with Crippen molar-refractivity contribution in [3.05, 3.63) is 47.5 Å². The summed E-state index contributed by atoms with van der Waals surface area (Å²) in [4.78, 5) is 13.0. The molecule has 2 aromatic carbocycles. The predicted molar refractivity (Wildman–Crippen MR) is 129 cm³/mol. The molecule has 1 N–H and O–H groups in total. The van der Waals surface area contributed by atoms with Gasteiger partial charge in [0.25, 0.3) is 0 Å². The smallest absolute Gasteiger partial charge is 0.312 e. The van der Waals surface area contributed by atoms with E-state index in [1.165, 1.54) is 0 Å². The van der Waals surface area contributed by atoms with Crippen molar-refractivity contribution in [1.82, 2.24) is 0 Å². The SMILES string of the molecule is CC(C)(C)[Si](C)(C)O[C@@H](c1ccc2c(c1)OCO2)[C@H]1COC(=O)[C@@H]1C(O)c1ccc2c(c1)OCO2. The van der Waals surface area contributed by atoms with Gasteiger partial charge in [0.2, 0.25) is 13.6 Å². The third-order valence-electron chi connectivity index (χ3n) is 7.57. The van der Waals surface area contributed by atoms with Crippen LogP contribution in [0.3, 0.4) is 0 Å². The number of fused-ring (bicyclic) bond motifs is 2. The van der Waals surface area contributed by atoms with Gasteiger partial charge in [-0.15, -0.1) is 0 Å². The first kappa shape index (κ1) is 24.0. The maximum Gasteiger partial charge on any atom is 0.312 e. The van der Waals surface area contributed by atoms with E-state index in [4.69, 9.17) is 28.1 Å². The van der Waals surface area contributed by atoms with Crippen molar-refractivity contribution in [2.75, 3.05) is 20.2 Å². The Morgan fingerprint density at radius 3 is 2.03 bits per heavy atom. The lowest BCUT2D eigenvalue weighted by Gasteiger charge is -2.41. The molecule has 0 aliphatic carbocycles. The zero-order valence-electron chi connectivity index (χ0n) is 20.7. The fraction of sp³-hybridized carbons (Fsp3) is 0.500. The van der Waals surface area contributed by atoms with Gasteiger partial charge < -0.3 is 33.2 Å². The highest BCUT2D eigenvalue weighted by atomic mass is 28.4. The number of hydrogen-bond acceptors (Lipinski definition) is 8. The van der Waals surface area contributed by atoms with Crippen LogP contribution in [0.1, 0.15) is 44.1 Å². The Bertz CT molecular complexity index is 1120. The normalized spacial score (nSPS) is 22.7. The number of esters is 1. The quantitative estimate of drug-likeness (QED) is 0.450. The second-order valence-corrected chi connectivity index (χ2v) is 15.5. The van der Waals surface area contributed by atoms with Crippen LogP contribution in [0, 0.1) is 11.8 Å². The van der Waals surface area contributed by atoms with Crippen LogP contribution in [0.5, 0.6) is 23.0 Å². The second kappa shape index (κ2) is 8.72. The highest BCUT2D eigenvalue weighted by Gasteiger charge is 2.50. The average molecular weight is 501 g/mol. The molecule has 35 heavy (non-hydrogen) atoms. The van der Waals surface area contributed by atoms with Gasteiger partial charge in [-0.1, -0.05) is 32.9 Å². The van der Waals surface area contributed by atoms with Crippen molar-refractivity contribution in [2.24, 2.45) is 11.8 Å². The number of hydrogen-bond donors (Lipinski definition) is 1. The highest BCUT2D eigenvalue weighted by molar-refractivity contribution is 6.74. The molecule has 0 spiro atoms. The van der Waals surface area contributed by atoms with Gasteiger partial charge in [-0.25, -0.2) is 0 Å². The van der Waals surface area contributed by atoms with Crippen LogP contribution >= 0.6 is 0 Å². The summed E-state index contributed by atoms with van der Waals surface area (Å²) in [5.74, 6) is 0.831. The van der Waals surface area contributed by atoms with Crippen LogP contribution in [-0.4, -0.2) is 39.6 Å². The van der Waals surface area contributed by atoms with Gasteiger partial charge in [-0.3, -0.25) is 4.79 Å². The first-order valence-electron chi connectivity index (χ1n) is 11.9. The van der Waals surface area contributed by atoms with E-state index < -0.39 is 38.3 Å². The summed E-state index contributed by atoms with van der Waals surface area (Å²) in [7, 11) is -2.28. The summed E-state index contributed by atoms with van der Waals surface area (Å²) in [6, 6.07) is 10.9. The number of benzene rings is 2. The molecule has 3 heterocycles. The Kier molecular flexibility index (Phi) is 5.97. The lowest BCUT2D eigenvalue weighted by molar-refractivity contribution is -0.144. The molecule has 1 unspecified atom stereocenters. The van der Waals surface area contributed by atoms with Gasteiger partial charge in [0.05, 0.1) is 24.7 Å². The fourth-order valence-corrected chi connectivity index (χ4v) is 5.78. The van der Waals surface area contributed by atoms with Crippen LogP contribution in [-0.2, 0) is 14.0 Å². The summed E-state index contributed by atoms with van der Waals surface area (Å²) in [5.41, 5.74) is 1.44. The summed E-state index contributed by atoms with van der Waals surface area (Å²) < 4.78 is 34.4. The molecule has 0 saturated carbocycles. The van der Waals surface area contributed by atoms with E-state index in [-0.39, 0.29) is 25.2 Å². The minimum Gasteiger partial charge on any atom is -0.465 e. The second-order valence-electron chi connectivity index (χ2n) is 10.8. The van der Waals surface area contributed by atoms with Gasteiger partial charge in [0.15, 0.2) is 31.3 Å². The zero-order valence-corrected chi connectivity index (χ0v) is 21.7. The number of cyclic esters (lactones) is 1. The molecule has 9 heteroatoms. The van der Waals surface area contributed by atoms with Crippen LogP contribution in [0.25, 0.3) is 0 Å². The van der Waals surface area contributed by atoms with E-state index in [2.05, 4.69) is 33.9 Å². The molecule has 8 nitrogen and oxygen atoms in total. The summed E-state index contributed by atoms with van der Waals surface area (Å²) in [6.07, 6.45) is -1.57. The van der Waals surface area contributed by atoms with Crippen molar-refractivity contribution in [3.63, 3.8) is 0 Å². The molecule has 188 valence electrons. The maximum absolute atomic E-state index is 13.0. The molecule has 1 saturated heterocycles. The summed E-state index contributed by atoms with van der Waals surface area (Å²) >= 11 is 0. The molecular formula is C26H32O8Si. The summed E-state index contributed by atoms with van der Waals surface area (Å²) in [6.45, 7) is 11.3. The third-order valence-corrected chi connectivity index (χ3v) is 12.0. The van der Waals surface area contributed by atoms with Gasteiger partial charge in [0, 0.05) is 5.92 Å². The lowest BCUT2D eigenvalue weighted by Crippen LogP contribution is -2.44. The molecule has 2 aromatic rings. The van der Waals surface area contributed by atoms with E-state index in [1.54, 1.807) is 18.2 Å². The van der Waals surface area contributed by atoms with Crippen molar-refractivity contribution < 1.29 is 38.0 Å². The Balaban J connectivity index is 1.52. The number of ether oxygens (including phenoxy) is 5. The fourth-order valence-electron chi connectivity index (χ4n) is 4.48. The molecular weight excluding hydrogens is 468 g/mol. The lowest BCUT2D eigenvalue weighted by atomic mass is 9.81. The summed E-state index contributed by atoms with van der Waals surface area (Å²) in [5, 5.41) is 11.4. The maximum atomic E-state index is 13.0. The van der Waals surface area contributed by atoms with E-state index >= 15 is 0 Å². The molecule has 3 aliphatic heterocycles. The van der Waals surface area contributed by atoms with E-state index in [1.807, 2.05) is 18.2 Å². The highest BCUT2D eigenvalue weighted by Crippen LogP contribution is 2.49. The number of carbonyl (C=O) groups excluding carboxylic acids is 1. The Hall–Kier alpha value is -2.75. The predicted octanol–water partition coefficient (Wildman–Crippen LogP) is 4.73. The van der Waals surface area contributed by atoms with Gasteiger partial charge in [-0.2, -0.15) is 0 Å². The monoisotopic (exact) mass is 500 g/mol. The molecule has 4 atom stereocenters. The van der Waals surface area contributed by atoms with Crippen molar-refractivity contribution in [1.29, 1.82) is 0 Å². The van der Waals surface area contributed by atoms with Crippen LogP contribution in [0.15, 0.2) is 36.4 Å². The number of rotatable bonds is 6. The number of aliphatic hydroxyl groups is 1. The molecule has 5 rings (SSSR count). The molecule has 3 aliphatic rings. The van der Waals surface area contributed by atoms with Gasteiger partial charge in [-0.05, 0) is 53.5 Å². The van der Waals surface area contributed by atoms with E-state index in [0.717, 1.165) is 5.56 Å². The average Bonchev–Trinajstić information content (AvgIpc) is 3.54. The molecule has 0 bridgehead atoms. The van der Waals surface area contributed by atoms with Crippen molar-refractivity contribution in [2.45, 2.75) is 51.1 Å². The number of aliphatic hydroxyl groups excluding tert-OH is 1. The molecule has 0 aromatic heterocycles. The molecule has 0 amide bonds. The third kappa shape index (κ3) is 4.37. The first-order valence-corrected chi connectivity index (χ1v) is 14.8. The van der Waals surface area contributed by atoms with Crippen LogP contribution in [0.4, 0.5) is 0 Å². The van der Waals surface area contributed by atoms with Crippen molar-refractivity contribution in [3.8, 4) is 23.0 Å². The van der Waals surface area contributed by atoms with E-state index in [9.17, 15) is 9.90 Å². The largest absolute Gasteiger partial charge is 0.465 e. The van der Waals surface area contributed by atoms with E-state index in [0.29, 0.717) is 28.6 Å². The van der Waals surface area contributed by atoms with Crippen LogP contribution in [0.2, 0.25) is 18.1 Å². The standard InChI is InChI=1S/C26H32O8Si/c1-26(2,3)35(4,5)34-24(16-7-9-19-21(11-16)33-14-31-19)17-12-29-25(28)22(17)23(27)15-6-8-18-20(10-15)32-13-30-18/h6-11,17,22-24,27H,12-14H2,1-5H3/t17-,22-,23?,24-/m0/s1. The van der Waals surface area contributed by atoms with Crippen LogP contribution < -0.4 is 18.9 Å². The first-order chi connectivity index (χ1) is 16.5. The molecule has 1 fully saturated rings.